The van der Waals surface area contributed by atoms with Gasteiger partial charge >= 0.3 is 0 Å². The van der Waals surface area contributed by atoms with Gasteiger partial charge in [-0.3, -0.25) is 0 Å². The number of rotatable bonds is 3. The summed E-state index contributed by atoms with van der Waals surface area (Å²) in [6, 6.07) is 0.689. The first-order valence-corrected chi connectivity index (χ1v) is 7.05. The third kappa shape index (κ3) is 1.32. The van der Waals surface area contributed by atoms with Crippen LogP contribution in [0.25, 0.3) is 0 Å². The Kier molecular flexibility index (Phi) is 2.11. The molecular formula is C14H20N4. The summed E-state index contributed by atoms with van der Waals surface area (Å²) in [5, 5.41) is 6.79. The lowest BCUT2D eigenvalue weighted by molar-refractivity contribution is 0.456. The standard InChI is InChI=1S/C14H20N4/c1-7-13(15-2)16-6-17-14(7)18-12-10-8-3-4-9(5-8)11(10)12/h6,8-12H,3-5H2,1-2H3,(H2,15,16,17,18). The van der Waals surface area contributed by atoms with Crippen molar-refractivity contribution in [2.24, 2.45) is 23.7 Å². The molecule has 0 spiro atoms. The molecule has 4 unspecified atom stereocenters. The van der Waals surface area contributed by atoms with Crippen molar-refractivity contribution in [2.45, 2.75) is 32.2 Å². The van der Waals surface area contributed by atoms with Crippen molar-refractivity contribution >= 4 is 11.6 Å². The van der Waals surface area contributed by atoms with Gasteiger partial charge in [0.1, 0.15) is 18.0 Å². The molecule has 96 valence electrons. The highest BCUT2D eigenvalue weighted by Crippen LogP contribution is 2.66. The average Bonchev–Trinajstić information content (AvgIpc) is 2.79. The summed E-state index contributed by atoms with van der Waals surface area (Å²) < 4.78 is 0. The van der Waals surface area contributed by atoms with E-state index in [2.05, 4.69) is 27.5 Å². The first kappa shape index (κ1) is 10.6. The monoisotopic (exact) mass is 244 g/mol. The van der Waals surface area contributed by atoms with Crippen molar-refractivity contribution in [2.75, 3.05) is 17.7 Å². The van der Waals surface area contributed by atoms with E-state index >= 15 is 0 Å². The Balaban J connectivity index is 1.54. The molecular weight excluding hydrogens is 224 g/mol. The Hall–Kier alpha value is -1.32. The van der Waals surface area contributed by atoms with Gasteiger partial charge in [0.25, 0.3) is 0 Å². The van der Waals surface area contributed by atoms with Gasteiger partial charge in [0.2, 0.25) is 0 Å². The third-order valence-electron chi connectivity index (χ3n) is 5.36. The highest BCUT2D eigenvalue weighted by molar-refractivity contribution is 5.57. The van der Waals surface area contributed by atoms with E-state index in [0.717, 1.165) is 40.9 Å². The number of hydrogen-bond donors (Lipinski definition) is 2. The van der Waals surface area contributed by atoms with Gasteiger partial charge in [-0.25, -0.2) is 9.97 Å². The lowest BCUT2D eigenvalue weighted by Gasteiger charge is -2.14. The van der Waals surface area contributed by atoms with Crippen LogP contribution in [0.5, 0.6) is 0 Å². The maximum Gasteiger partial charge on any atom is 0.134 e. The molecule has 3 saturated carbocycles. The van der Waals surface area contributed by atoms with Gasteiger partial charge in [-0.05, 0) is 49.9 Å². The van der Waals surface area contributed by atoms with Gasteiger partial charge in [-0.1, -0.05) is 0 Å². The van der Waals surface area contributed by atoms with Crippen LogP contribution in [-0.4, -0.2) is 23.1 Å². The van der Waals surface area contributed by atoms with Crippen LogP contribution in [0.4, 0.5) is 11.6 Å². The summed E-state index contributed by atoms with van der Waals surface area (Å²) in [6.07, 6.45) is 6.08. The zero-order chi connectivity index (χ0) is 12.3. The van der Waals surface area contributed by atoms with Crippen LogP contribution in [0.1, 0.15) is 24.8 Å². The quantitative estimate of drug-likeness (QED) is 0.856. The number of aromatic nitrogens is 2. The second kappa shape index (κ2) is 3.59. The molecule has 0 amide bonds. The zero-order valence-electron chi connectivity index (χ0n) is 11.0. The molecule has 2 N–H and O–H groups in total. The number of anilines is 2. The van der Waals surface area contributed by atoms with Crippen LogP contribution in [0.3, 0.4) is 0 Å². The van der Waals surface area contributed by atoms with Gasteiger partial charge in [0, 0.05) is 18.7 Å². The number of nitrogens with zero attached hydrogens (tertiary/aromatic N) is 2. The second-order valence-corrected chi connectivity index (χ2v) is 6.10. The maximum atomic E-state index is 4.40. The molecule has 2 bridgehead atoms. The van der Waals surface area contributed by atoms with E-state index in [1.165, 1.54) is 19.3 Å². The highest BCUT2D eigenvalue weighted by Gasteiger charge is 2.65. The summed E-state index contributed by atoms with van der Waals surface area (Å²) >= 11 is 0. The highest BCUT2D eigenvalue weighted by atomic mass is 15.1. The Labute approximate surface area is 108 Å². The molecule has 4 heteroatoms. The molecule has 1 aromatic heterocycles. The normalized spacial score (nSPS) is 39.6. The van der Waals surface area contributed by atoms with Crippen LogP contribution >= 0.6 is 0 Å². The van der Waals surface area contributed by atoms with Gasteiger partial charge in [-0.15, -0.1) is 0 Å². The Bertz CT molecular complexity index is 471. The maximum absolute atomic E-state index is 4.40. The first-order chi connectivity index (χ1) is 8.79. The van der Waals surface area contributed by atoms with Gasteiger partial charge in [0.05, 0.1) is 0 Å². The molecule has 3 aliphatic carbocycles. The van der Waals surface area contributed by atoms with E-state index in [1.54, 1.807) is 6.33 Å². The van der Waals surface area contributed by atoms with Gasteiger partial charge in [-0.2, -0.15) is 0 Å². The molecule has 18 heavy (non-hydrogen) atoms. The Morgan fingerprint density at radius 2 is 1.78 bits per heavy atom. The fraction of sp³-hybridized carbons (Fsp3) is 0.714. The lowest BCUT2D eigenvalue weighted by atomic mass is 10.0. The van der Waals surface area contributed by atoms with Crippen molar-refractivity contribution in [3.05, 3.63) is 11.9 Å². The minimum absolute atomic E-state index is 0.689. The minimum Gasteiger partial charge on any atom is -0.373 e. The van der Waals surface area contributed by atoms with E-state index in [-0.39, 0.29) is 0 Å². The van der Waals surface area contributed by atoms with Crippen LogP contribution in [0.2, 0.25) is 0 Å². The summed E-state index contributed by atoms with van der Waals surface area (Å²) in [5.41, 5.74) is 1.14. The van der Waals surface area contributed by atoms with E-state index in [1.807, 2.05) is 7.05 Å². The van der Waals surface area contributed by atoms with Gasteiger partial charge in [0.15, 0.2) is 0 Å². The Morgan fingerprint density at radius 3 is 2.44 bits per heavy atom. The molecule has 3 fully saturated rings. The second-order valence-electron chi connectivity index (χ2n) is 6.10. The van der Waals surface area contributed by atoms with Gasteiger partial charge < -0.3 is 10.6 Å². The molecule has 4 nitrogen and oxygen atoms in total. The molecule has 0 aromatic carbocycles. The van der Waals surface area contributed by atoms with Crippen molar-refractivity contribution in [3.8, 4) is 0 Å². The SMILES string of the molecule is CNc1ncnc(NC2C3C4CCC(C4)C23)c1C. The average molecular weight is 244 g/mol. The molecule has 0 saturated heterocycles. The molecule has 4 atom stereocenters. The largest absolute Gasteiger partial charge is 0.373 e. The predicted molar refractivity (Wildman–Crippen MR) is 71.5 cm³/mol. The summed E-state index contributed by atoms with van der Waals surface area (Å²) in [6.45, 7) is 2.08. The lowest BCUT2D eigenvalue weighted by Crippen LogP contribution is -2.15. The van der Waals surface area contributed by atoms with Crippen LogP contribution in [0, 0.1) is 30.6 Å². The fourth-order valence-corrected chi connectivity index (χ4v) is 4.52. The van der Waals surface area contributed by atoms with Crippen molar-refractivity contribution in [1.29, 1.82) is 0 Å². The molecule has 0 radical (unpaired) electrons. The first-order valence-electron chi connectivity index (χ1n) is 7.05. The summed E-state index contributed by atoms with van der Waals surface area (Å²) in [7, 11) is 1.91. The molecule has 1 aromatic rings. The van der Waals surface area contributed by atoms with E-state index in [9.17, 15) is 0 Å². The predicted octanol–water partition coefficient (Wildman–Crippen LogP) is 2.28. The van der Waals surface area contributed by atoms with Crippen LogP contribution < -0.4 is 10.6 Å². The van der Waals surface area contributed by atoms with E-state index in [4.69, 9.17) is 0 Å². The summed E-state index contributed by atoms with van der Waals surface area (Å²) in [5.74, 6) is 5.84. The minimum atomic E-state index is 0.689. The Morgan fingerprint density at radius 1 is 1.11 bits per heavy atom. The molecule has 3 aliphatic rings. The van der Waals surface area contributed by atoms with Crippen molar-refractivity contribution in [1.82, 2.24) is 9.97 Å². The number of hydrogen-bond acceptors (Lipinski definition) is 4. The van der Waals surface area contributed by atoms with E-state index < -0.39 is 0 Å². The summed E-state index contributed by atoms with van der Waals surface area (Å²) in [4.78, 5) is 8.64. The third-order valence-corrected chi connectivity index (χ3v) is 5.36. The number of fused-ring (bicyclic) bond motifs is 5. The van der Waals surface area contributed by atoms with Crippen LogP contribution in [-0.2, 0) is 0 Å². The fourth-order valence-electron chi connectivity index (χ4n) is 4.52. The molecule has 1 heterocycles. The molecule has 0 aliphatic heterocycles. The number of nitrogens with one attached hydrogen (secondary N) is 2. The smallest absolute Gasteiger partial charge is 0.134 e. The van der Waals surface area contributed by atoms with Crippen molar-refractivity contribution in [3.63, 3.8) is 0 Å². The topological polar surface area (TPSA) is 49.8 Å². The molecule has 4 rings (SSSR count). The van der Waals surface area contributed by atoms with E-state index in [0.29, 0.717) is 6.04 Å². The zero-order valence-corrected chi connectivity index (χ0v) is 11.0. The van der Waals surface area contributed by atoms with Crippen LogP contribution in [0.15, 0.2) is 6.33 Å². The van der Waals surface area contributed by atoms with Crippen molar-refractivity contribution < 1.29 is 0 Å².